The van der Waals surface area contributed by atoms with Crippen LogP contribution >= 0.6 is 0 Å². The Morgan fingerprint density at radius 2 is 1.63 bits per heavy atom. The molecule has 3 aromatic rings. The molecular weight excluding hydrogens is 338 g/mol. The molecule has 4 nitrogen and oxygen atoms in total. The van der Waals surface area contributed by atoms with Gasteiger partial charge >= 0.3 is 0 Å². The minimum absolute atomic E-state index is 0.156. The summed E-state index contributed by atoms with van der Waals surface area (Å²) in [6.07, 6.45) is 0. The molecule has 0 bridgehead atoms. The maximum absolute atomic E-state index is 12.8. The summed E-state index contributed by atoms with van der Waals surface area (Å²) < 4.78 is 11.2. The molecule has 4 heteroatoms. The molecule has 1 amide bonds. The first-order valence-electron chi connectivity index (χ1n) is 8.81. The lowest BCUT2D eigenvalue weighted by Crippen LogP contribution is -2.14. The Balaban J connectivity index is 1.80. The van der Waals surface area contributed by atoms with Crippen molar-refractivity contribution in [2.75, 3.05) is 12.4 Å². The summed E-state index contributed by atoms with van der Waals surface area (Å²) in [7, 11) is 1.61. The zero-order chi connectivity index (χ0) is 19.2. The van der Waals surface area contributed by atoms with Gasteiger partial charge in [0.05, 0.1) is 7.11 Å². The molecule has 0 radical (unpaired) electrons. The van der Waals surface area contributed by atoms with E-state index < -0.39 is 0 Å². The lowest BCUT2D eigenvalue weighted by atomic mass is 10.1. The van der Waals surface area contributed by atoms with Crippen LogP contribution in [0.1, 0.15) is 27.0 Å². The minimum atomic E-state index is -0.156. The third-order valence-corrected chi connectivity index (χ3v) is 4.40. The summed E-state index contributed by atoms with van der Waals surface area (Å²) >= 11 is 0. The largest absolute Gasteiger partial charge is 0.496 e. The molecule has 1 N–H and O–H groups in total. The Bertz CT molecular complexity index is 915. The first kappa shape index (κ1) is 18.5. The number of aryl methyl sites for hydroxylation is 2. The molecule has 0 aromatic heterocycles. The van der Waals surface area contributed by atoms with Gasteiger partial charge < -0.3 is 14.8 Å². The topological polar surface area (TPSA) is 47.6 Å². The molecule has 138 valence electrons. The molecule has 0 heterocycles. The smallest absolute Gasteiger partial charge is 0.255 e. The van der Waals surface area contributed by atoms with E-state index in [2.05, 4.69) is 5.32 Å². The molecule has 0 saturated carbocycles. The van der Waals surface area contributed by atoms with E-state index in [1.165, 1.54) is 0 Å². The lowest BCUT2D eigenvalue weighted by Gasteiger charge is -2.14. The van der Waals surface area contributed by atoms with E-state index in [0.29, 0.717) is 17.9 Å². The van der Waals surface area contributed by atoms with Crippen molar-refractivity contribution in [2.24, 2.45) is 0 Å². The highest BCUT2D eigenvalue weighted by molar-refractivity contribution is 6.05. The predicted octanol–water partition coefficient (Wildman–Crippen LogP) is 5.14. The normalized spacial score (nSPS) is 10.3. The quantitative estimate of drug-likeness (QED) is 0.661. The van der Waals surface area contributed by atoms with Crippen LogP contribution in [0.2, 0.25) is 0 Å². The highest BCUT2D eigenvalue weighted by Gasteiger charge is 2.13. The molecular formula is C23H23NO3. The van der Waals surface area contributed by atoms with E-state index in [1.54, 1.807) is 19.2 Å². The number of methoxy groups -OCH3 is 1. The van der Waals surface area contributed by atoms with Crippen molar-refractivity contribution in [3.63, 3.8) is 0 Å². The number of para-hydroxylation sites is 2. The molecule has 0 aliphatic carbocycles. The molecule has 0 spiro atoms. The number of hydrogen-bond acceptors (Lipinski definition) is 3. The van der Waals surface area contributed by atoms with Crippen LogP contribution in [0.3, 0.4) is 0 Å². The van der Waals surface area contributed by atoms with Crippen molar-refractivity contribution in [1.82, 2.24) is 0 Å². The number of amides is 1. The summed E-state index contributed by atoms with van der Waals surface area (Å²) in [5.41, 5.74) is 4.29. The van der Waals surface area contributed by atoms with Crippen LogP contribution in [0, 0.1) is 13.8 Å². The van der Waals surface area contributed by atoms with Gasteiger partial charge in [-0.3, -0.25) is 4.79 Å². The summed E-state index contributed by atoms with van der Waals surface area (Å²) in [5.74, 6) is 1.30. The number of ether oxygens (including phenoxy) is 2. The number of anilines is 1. The Kier molecular flexibility index (Phi) is 5.77. The number of carbonyl (C=O) groups is 1. The van der Waals surface area contributed by atoms with E-state index in [4.69, 9.17) is 9.47 Å². The highest BCUT2D eigenvalue weighted by Crippen LogP contribution is 2.24. The van der Waals surface area contributed by atoms with Crippen LogP contribution in [-0.4, -0.2) is 13.0 Å². The molecule has 0 saturated heterocycles. The van der Waals surface area contributed by atoms with Gasteiger partial charge in [0, 0.05) is 16.8 Å². The molecule has 3 aromatic carbocycles. The van der Waals surface area contributed by atoms with E-state index in [-0.39, 0.29) is 5.91 Å². The fourth-order valence-corrected chi connectivity index (χ4v) is 2.91. The number of hydrogen-bond donors (Lipinski definition) is 1. The minimum Gasteiger partial charge on any atom is -0.496 e. The number of benzene rings is 3. The van der Waals surface area contributed by atoms with Crippen LogP contribution in [0.5, 0.6) is 11.5 Å². The van der Waals surface area contributed by atoms with E-state index in [1.807, 2.05) is 68.4 Å². The van der Waals surface area contributed by atoms with E-state index in [9.17, 15) is 4.79 Å². The van der Waals surface area contributed by atoms with Crippen molar-refractivity contribution in [1.29, 1.82) is 0 Å². The third kappa shape index (κ3) is 4.47. The van der Waals surface area contributed by atoms with Gasteiger partial charge in [-0.2, -0.15) is 0 Å². The maximum Gasteiger partial charge on any atom is 0.255 e. The average Bonchev–Trinajstić information content (AvgIpc) is 2.69. The van der Waals surface area contributed by atoms with Gasteiger partial charge in [-0.05, 0) is 55.3 Å². The Morgan fingerprint density at radius 3 is 2.30 bits per heavy atom. The van der Waals surface area contributed by atoms with Crippen molar-refractivity contribution in [3.05, 3.63) is 89.0 Å². The summed E-state index contributed by atoms with van der Waals surface area (Å²) in [6, 6.07) is 20.9. The molecule has 0 fully saturated rings. The SMILES string of the molecule is COc1ccc(C(=O)Nc2c(C)cccc2C)cc1COc1ccccc1. The molecule has 0 aliphatic heterocycles. The Labute approximate surface area is 159 Å². The summed E-state index contributed by atoms with van der Waals surface area (Å²) in [4.78, 5) is 12.8. The van der Waals surface area contributed by atoms with Gasteiger partial charge in [-0.1, -0.05) is 36.4 Å². The van der Waals surface area contributed by atoms with Gasteiger partial charge in [0.1, 0.15) is 18.1 Å². The second-order valence-corrected chi connectivity index (χ2v) is 6.35. The van der Waals surface area contributed by atoms with Crippen LogP contribution in [0.4, 0.5) is 5.69 Å². The first-order valence-corrected chi connectivity index (χ1v) is 8.81. The zero-order valence-electron chi connectivity index (χ0n) is 15.8. The van der Waals surface area contributed by atoms with Crippen molar-refractivity contribution in [3.8, 4) is 11.5 Å². The van der Waals surface area contributed by atoms with Crippen LogP contribution in [0.25, 0.3) is 0 Å². The Hall–Kier alpha value is -3.27. The molecule has 3 rings (SSSR count). The highest BCUT2D eigenvalue weighted by atomic mass is 16.5. The molecule has 0 atom stereocenters. The van der Waals surface area contributed by atoms with Gasteiger partial charge in [0.2, 0.25) is 0 Å². The zero-order valence-corrected chi connectivity index (χ0v) is 15.8. The molecule has 27 heavy (non-hydrogen) atoms. The van der Waals surface area contributed by atoms with Crippen molar-refractivity contribution < 1.29 is 14.3 Å². The third-order valence-electron chi connectivity index (χ3n) is 4.40. The maximum atomic E-state index is 12.8. The predicted molar refractivity (Wildman–Crippen MR) is 108 cm³/mol. The number of carbonyl (C=O) groups excluding carboxylic acids is 1. The summed E-state index contributed by atoms with van der Waals surface area (Å²) in [6.45, 7) is 4.28. The van der Waals surface area contributed by atoms with Gasteiger partial charge in [-0.15, -0.1) is 0 Å². The van der Waals surface area contributed by atoms with Crippen LogP contribution in [0.15, 0.2) is 66.7 Å². The second-order valence-electron chi connectivity index (χ2n) is 6.35. The first-order chi connectivity index (χ1) is 13.1. The Morgan fingerprint density at radius 1 is 0.926 bits per heavy atom. The fraction of sp³-hybridized carbons (Fsp3) is 0.174. The fourth-order valence-electron chi connectivity index (χ4n) is 2.91. The van der Waals surface area contributed by atoms with Gasteiger partial charge in [0.15, 0.2) is 0 Å². The van der Waals surface area contributed by atoms with Gasteiger partial charge in [0.25, 0.3) is 5.91 Å². The molecule has 0 aliphatic rings. The number of rotatable bonds is 6. The second kappa shape index (κ2) is 8.41. The average molecular weight is 361 g/mol. The lowest BCUT2D eigenvalue weighted by molar-refractivity contribution is 0.102. The standard InChI is InChI=1S/C23H23NO3/c1-16-8-7-9-17(2)22(16)24-23(25)18-12-13-21(26-3)19(14-18)15-27-20-10-5-4-6-11-20/h4-14H,15H2,1-3H3,(H,24,25). The molecule has 0 unspecified atom stereocenters. The van der Waals surface area contributed by atoms with E-state index in [0.717, 1.165) is 28.1 Å². The van der Waals surface area contributed by atoms with Crippen LogP contribution in [-0.2, 0) is 6.61 Å². The van der Waals surface area contributed by atoms with Crippen molar-refractivity contribution >= 4 is 11.6 Å². The monoisotopic (exact) mass is 361 g/mol. The van der Waals surface area contributed by atoms with E-state index >= 15 is 0 Å². The van der Waals surface area contributed by atoms with Crippen LogP contribution < -0.4 is 14.8 Å². The summed E-state index contributed by atoms with van der Waals surface area (Å²) in [5, 5.41) is 3.01. The van der Waals surface area contributed by atoms with Gasteiger partial charge in [-0.25, -0.2) is 0 Å². The number of nitrogens with one attached hydrogen (secondary N) is 1. The van der Waals surface area contributed by atoms with Crippen molar-refractivity contribution in [2.45, 2.75) is 20.5 Å².